The summed E-state index contributed by atoms with van der Waals surface area (Å²) in [4.78, 5) is 8.40. The minimum Gasteiger partial charge on any atom is -0.393 e. The Balaban J connectivity index is 1.86. The van der Waals surface area contributed by atoms with Crippen molar-refractivity contribution in [1.82, 2.24) is 14.6 Å². The molecule has 1 aliphatic rings. The van der Waals surface area contributed by atoms with Gasteiger partial charge >= 0.3 is 0 Å². The van der Waals surface area contributed by atoms with Gasteiger partial charge in [0.2, 0.25) is 0 Å². The van der Waals surface area contributed by atoms with E-state index in [1.165, 1.54) is 10.7 Å². The molecule has 3 rings (SSSR count). The molecule has 0 unspecified atom stereocenters. The fourth-order valence-electron chi connectivity index (χ4n) is 1.90. The van der Waals surface area contributed by atoms with Crippen molar-refractivity contribution in [3.05, 3.63) is 29.7 Å². The molecule has 2 heterocycles. The molecule has 0 aliphatic heterocycles. The third-order valence-corrected chi connectivity index (χ3v) is 3.00. The molecule has 1 fully saturated rings. The Bertz CT molecular complexity index is 648. The molecule has 1 aliphatic carbocycles. The number of hydrogen-bond donors (Lipinski definition) is 1. The van der Waals surface area contributed by atoms with Gasteiger partial charge in [-0.2, -0.15) is 10.4 Å². The topological polar surface area (TPSA) is 86.6 Å². The van der Waals surface area contributed by atoms with Crippen LogP contribution >= 0.6 is 0 Å². The largest absolute Gasteiger partial charge is 0.393 e. The average molecular weight is 241 g/mol. The van der Waals surface area contributed by atoms with Gasteiger partial charge in [-0.1, -0.05) is 0 Å². The maximum Gasteiger partial charge on any atom is 0.162 e. The summed E-state index contributed by atoms with van der Waals surface area (Å²) in [5.74, 6) is 0. The Morgan fingerprint density at radius 2 is 2.33 bits per heavy atom. The quantitative estimate of drug-likeness (QED) is 0.777. The van der Waals surface area contributed by atoms with E-state index in [0.717, 1.165) is 0 Å². The predicted octanol–water partition coefficient (Wildman–Crippen LogP) is 0.543. The second-order valence-corrected chi connectivity index (χ2v) is 4.34. The number of nitriles is 1. The summed E-state index contributed by atoms with van der Waals surface area (Å²) >= 11 is 0. The molecule has 1 N–H and O–H groups in total. The second-order valence-electron chi connectivity index (χ2n) is 4.34. The number of aromatic nitrogens is 3. The van der Waals surface area contributed by atoms with Crippen LogP contribution in [-0.4, -0.2) is 38.1 Å². The Labute approximate surface area is 103 Å². The highest BCUT2D eigenvalue weighted by Gasteiger charge is 2.25. The number of fused-ring (bicyclic) bond motifs is 1. The number of imidazole rings is 1. The van der Waals surface area contributed by atoms with Crippen LogP contribution in [0.25, 0.3) is 5.65 Å². The first-order valence-corrected chi connectivity index (χ1v) is 5.72. The Kier molecular flexibility index (Phi) is 2.54. The second kappa shape index (κ2) is 4.20. The van der Waals surface area contributed by atoms with Gasteiger partial charge in [-0.3, -0.25) is 4.99 Å². The van der Waals surface area contributed by atoms with Crippen LogP contribution in [0.5, 0.6) is 0 Å². The van der Waals surface area contributed by atoms with Crippen molar-refractivity contribution in [2.24, 2.45) is 4.99 Å². The summed E-state index contributed by atoms with van der Waals surface area (Å²) < 4.78 is 1.50. The lowest BCUT2D eigenvalue weighted by Crippen LogP contribution is -2.31. The van der Waals surface area contributed by atoms with Crippen LogP contribution in [0.4, 0.5) is 0 Å². The smallest absolute Gasteiger partial charge is 0.162 e. The van der Waals surface area contributed by atoms with E-state index in [-0.39, 0.29) is 12.1 Å². The van der Waals surface area contributed by atoms with Gasteiger partial charge in [0.25, 0.3) is 0 Å². The highest BCUT2D eigenvalue weighted by molar-refractivity contribution is 5.77. The first kappa shape index (κ1) is 10.9. The first-order valence-electron chi connectivity index (χ1n) is 5.72. The van der Waals surface area contributed by atoms with Crippen LogP contribution in [0.3, 0.4) is 0 Å². The molecule has 18 heavy (non-hydrogen) atoms. The Hall–Kier alpha value is -2.26. The SMILES string of the molecule is N#Cc1cnc2ccc(C=N[C@H]3C[C@@H](O)C3)nn12. The zero-order valence-corrected chi connectivity index (χ0v) is 9.56. The van der Waals surface area contributed by atoms with Crippen molar-refractivity contribution in [1.29, 1.82) is 5.26 Å². The summed E-state index contributed by atoms with van der Waals surface area (Å²) in [6.07, 6.45) is 4.39. The van der Waals surface area contributed by atoms with E-state index in [2.05, 4.69) is 15.1 Å². The predicted molar refractivity (Wildman–Crippen MR) is 64.3 cm³/mol. The normalized spacial score (nSPS) is 23.1. The maximum absolute atomic E-state index is 9.16. The third-order valence-electron chi connectivity index (χ3n) is 3.00. The molecule has 6 heteroatoms. The van der Waals surface area contributed by atoms with Gasteiger partial charge in [0, 0.05) is 6.21 Å². The van der Waals surface area contributed by atoms with Gasteiger partial charge in [-0.15, -0.1) is 0 Å². The lowest BCUT2D eigenvalue weighted by Gasteiger charge is -2.27. The molecule has 0 amide bonds. The van der Waals surface area contributed by atoms with E-state index in [0.29, 0.717) is 29.9 Å². The standard InChI is InChI=1S/C12H11N5O/c13-5-10-7-15-12-2-1-8(16-17(10)12)6-14-9-3-11(18)4-9/h1-2,6-7,9,11,18H,3-4H2/t9-,11+. The minimum atomic E-state index is -0.207. The Morgan fingerprint density at radius 3 is 3.06 bits per heavy atom. The molecule has 0 saturated heterocycles. The van der Waals surface area contributed by atoms with Crippen LogP contribution in [0.2, 0.25) is 0 Å². The van der Waals surface area contributed by atoms with Crippen molar-refractivity contribution < 1.29 is 5.11 Å². The zero-order valence-electron chi connectivity index (χ0n) is 9.56. The van der Waals surface area contributed by atoms with Crippen molar-refractivity contribution in [2.45, 2.75) is 25.0 Å². The molecular weight excluding hydrogens is 230 g/mol. The average Bonchev–Trinajstić information content (AvgIpc) is 2.75. The van der Waals surface area contributed by atoms with Crippen molar-refractivity contribution in [3.63, 3.8) is 0 Å². The number of nitrogens with zero attached hydrogens (tertiary/aromatic N) is 5. The van der Waals surface area contributed by atoms with E-state index in [1.54, 1.807) is 12.3 Å². The van der Waals surface area contributed by atoms with Gasteiger partial charge in [-0.05, 0) is 25.0 Å². The van der Waals surface area contributed by atoms with Crippen molar-refractivity contribution in [3.8, 4) is 6.07 Å². The highest BCUT2D eigenvalue weighted by Crippen LogP contribution is 2.22. The van der Waals surface area contributed by atoms with Crippen LogP contribution in [0.15, 0.2) is 23.3 Å². The van der Waals surface area contributed by atoms with E-state index in [1.807, 2.05) is 12.1 Å². The molecule has 6 nitrogen and oxygen atoms in total. The van der Waals surface area contributed by atoms with E-state index < -0.39 is 0 Å². The van der Waals surface area contributed by atoms with E-state index in [9.17, 15) is 0 Å². The molecule has 2 aromatic heterocycles. The summed E-state index contributed by atoms with van der Waals surface area (Å²) in [5, 5.41) is 22.3. The Morgan fingerprint density at radius 1 is 1.50 bits per heavy atom. The van der Waals surface area contributed by atoms with Gasteiger partial charge < -0.3 is 5.11 Å². The molecule has 0 spiro atoms. The number of aliphatic hydroxyl groups is 1. The lowest BCUT2D eigenvalue weighted by molar-refractivity contribution is 0.0780. The van der Waals surface area contributed by atoms with Crippen LogP contribution < -0.4 is 0 Å². The fourth-order valence-corrected chi connectivity index (χ4v) is 1.90. The number of rotatable bonds is 2. The van der Waals surface area contributed by atoms with Gasteiger partial charge in [0.15, 0.2) is 11.3 Å². The number of aliphatic hydroxyl groups excluding tert-OH is 1. The maximum atomic E-state index is 9.16. The monoisotopic (exact) mass is 241 g/mol. The first-order chi connectivity index (χ1) is 8.76. The lowest BCUT2D eigenvalue weighted by atomic mass is 9.90. The van der Waals surface area contributed by atoms with Crippen LogP contribution in [-0.2, 0) is 0 Å². The minimum absolute atomic E-state index is 0.190. The molecule has 0 radical (unpaired) electrons. The number of aliphatic imine (C=N–C) groups is 1. The molecule has 2 aromatic rings. The molecule has 90 valence electrons. The molecular formula is C12H11N5O. The molecule has 1 saturated carbocycles. The third kappa shape index (κ3) is 1.85. The van der Waals surface area contributed by atoms with Crippen LogP contribution in [0, 0.1) is 11.3 Å². The van der Waals surface area contributed by atoms with Gasteiger partial charge in [-0.25, -0.2) is 9.50 Å². The molecule has 0 atom stereocenters. The molecule has 0 bridgehead atoms. The van der Waals surface area contributed by atoms with Crippen molar-refractivity contribution >= 4 is 11.9 Å². The van der Waals surface area contributed by atoms with E-state index >= 15 is 0 Å². The van der Waals surface area contributed by atoms with Crippen LogP contribution in [0.1, 0.15) is 24.2 Å². The van der Waals surface area contributed by atoms with Gasteiger partial charge in [0.05, 0.1) is 18.3 Å². The zero-order chi connectivity index (χ0) is 12.5. The van der Waals surface area contributed by atoms with E-state index in [4.69, 9.17) is 10.4 Å². The summed E-state index contributed by atoms with van der Waals surface area (Å²) in [6.45, 7) is 0. The number of hydrogen-bond acceptors (Lipinski definition) is 5. The summed E-state index contributed by atoms with van der Waals surface area (Å²) in [5.41, 5.74) is 1.72. The summed E-state index contributed by atoms with van der Waals surface area (Å²) in [7, 11) is 0. The summed E-state index contributed by atoms with van der Waals surface area (Å²) in [6, 6.07) is 5.83. The molecule has 0 aromatic carbocycles. The van der Waals surface area contributed by atoms with Gasteiger partial charge in [0.1, 0.15) is 11.8 Å². The fraction of sp³-hybridized carbons (Fsp3) is 0.333. The highest BCUT2D eigenvalue weighted by atomic mass is 16.3. The van der Waals surface area contributed by atoms with Crippen molar-refractivity contribution in [2.75, 3.05) is 0 Å².